The van der Waals surface area contributed by atoms with Crippen molar-refractivity contribution in [1.29, 1.82) is 0 Å². The SMILES string of the molecule is CCNC(=NCC1(SCC)CCOCC1)NC(C)c1ccccc1.I. The van der Waals surface area contributed by atoms with Crippen LogP contribution in [0.1, 0.15) is 45.2 Å². The van der Waals surface area contributed by atoms with Gasteiger partial charge >= 0.3 is 0 Å². The summed E-state index contributed by atoms with van der Waals surface area (Å²) in [5, 5.41) is 6.91. The molecule has 0 radical (unpaired) electrons. The lowest BCUT2D eigenvalue weighted by molar-refractivity contribution is 0.0793. The van der Waals surface area contributed by atoms with E-state index in [1.54, 1.807) is 0 Å². The van der Waals surface area contributed by atoms with E-state index >= 15 is 0 Å². The van der Waals surface area contributed by atoms with E-state index in [1.165, 1.54) is 5.56 Å². The van der Waals surface area contributed by atoms with Crippen LogP contribution >= 0.6 is 35.7 Å². The predicted octanol–water partition coefficient (Wildman–Crippen LogP) is 4.22. The molecule has 0 aromatic heterocycles. The van der Waals surface area contributed by atoms with Gasteiger partial charge in [0.25, 0.3) is 0 Å². The van der Waals surface area contributed by atoms with Crippen LogP contribution in [0.3, 0.4) is 0 Å². The maximum Gasteiger partial charge on any atom is 0.191 e. The summed E-state index contributed by atoms with van der Waals surface area (Å²) in [6.45, 7) is 9.92. The Morgan fingerprint density at radius 2 is 1.92 bits per heavy atom. The molecule has 4 nitrogen and oxygen atoms in total. The number of benzene rings is 1. The van der Waals surface area contributed by atoms with Gasteiger partial charge in [0.2, 0.25) is 0 Å². The molecule has 6 heteroatoms. The molecule has 1 aliphatic heterocycles. The number of nitrogens with one attached hydrogen (secondary N) is 2. The second-order valence-electron chi connectivity index (χ2n) is 6.20. The van der Waals surface area contributed by atoms with E-state index in [0.717, 1.165) is 50.9 Å². The lowest BCUT2D eigenvalue weighted by Crippen LogP contribution is -2.42. The minimum atomic E-state index is 0. The topological polar surface area (TPSA) is 45.7 Å². The van der Waals surface area contributed by atoms with Crippen LogP contribution in [0.25, 0.3) is 0 Å². The van der Waals surface area contributed by atoms with E-state index in [4.69, 9.17) is 9.73 Å². The van der Waals surface area contributed by atoms with Gasteiger partial charge in [0.05, 0.1) is 12.6 Å². The van der Waals surface area contributed by atoms with Crippen LogP contribution in [-0.2, 0) is 4.74 Å². The molecular formula is C19H32IN3OS. The Labute approximate surface area is 174 Å². The highest BCUT2D eigenvalue weighted by atomic mass is 127. The second kappa shape index (κ2) is 12.0. The zero-order valence-corrected chi connectivity index (χ0v) is 18.7. The largest absolute Gasteiger partial charge is 0.381 e. The summed E-state index contributed by atoms with van der Waals surface area (Å²) in [6.07, 6.45) is 2.17. The summed E-state index contributed by atoms with van der Waals surface area (Å²) in [6, 6.07) is 10.7. The fourth-order valence-corrected chi connectivity index (χ4v) is 4.19. The molecule has 0 spiro atoms. The van der Waals surface area contributed by atoms with Crippen molar-refractivity contribution < 1.29 is 4.74 Å². The standard InChI is InChI=1S/C19H31N3OS.HI/c1-4-20-18(22-16(3)17-9-7-6-8-10-17)21-15-19(24-5-2)11-13-23-14-12-19;/h6-10,16H,4-5,11-15H2,1-3H3,(H2,20,21,22);1H. The molecule has 2 rings (SSSR count). The van der Waals surface area contributed by atoms with Crippen molar-refractivity contribution >= 4 is 41.7 Å². The van der Waals surface area contributed by atoms with E-state index in [2.05, 4.69) is 55.7 Å². The predicted molar refractivity (Wildman–Crippen MR) is 120 cm³/mol. The molecule has 2 N–H and O–H groups in total. The molecule has 0 amide bonds. The molecule has 1 fully saturated rings. The van der Waals surface area contributed by atoms with Gasteiger partial charge in [-0.15, -0.1) is 24.0 Å². The molecule has 1 heterocycles. The van der Waals surface area contributed by atoms with Crippen LogP contribution < -0.4 is 10.6 Å². The summed E-state index contributed by atoms with van der Waals surface area (Å²) in [5.74, 6) is 2.02. The van der Waals surface area contributed by atoms with Crippen LogP contribution in [0, 0.1) is 0 Å². The third-order valence-corrected chi connectivity index (χ3v) is 5.82. The number of hydrogen-bond acceptors (Lipinski definition) is 3. The van der Waals surface area contributed by atoms with Crippen molar-refractivity contribution in [3.8, 4) is 0 Å². The van der Waals surface area contributed by atoms with Crippen LogP contribution in [0.5, 0.6) is 0 Å². The minimum absolute atomic E-state index is 0. The van der Waals surface area contributed by atoms with Crippen LogP contribution in [0.4, 0.5) is 0 Å². The molecule has 1 aromatic rings. The van der Waals surface area contributed by atoms with Gasteiger partial charge < -0.3 is 15.4 Å². The Morgan fingerprint density at radius 1 is 1.24 bits per heavy atom. The van der Waals surface area contributed by atoms with Crippen LogP contribution in [0.2, 0.25) is 0 Å². The summed E-state index contributed by atoms with van der Waals surface area (Å²) < 4.78 is 5.78. The first kappa shape index (κ1) is 22.6. The van der Waals surface area contributed by atoms with Gasteiger partial charge in [-0.3, -0.25) is 4.99 Å². The Hall–Kier alpha value is -0.470. The van der Waals surface area contributed by atoms with Crippen molar-refractivity contribution in [2.75, 3.05) is 32.1 Å². The van der Waals surface area contributed by atoms with Gasteiger partial charge in [-0.05, 0) is 38.0 Å². The first-order chi connectivity index (χ1) is 11.7. The van der Waals surface area contributed by atoms with Gasteiger partial charge in [0.15, 0.2) is 5.96 Å². The molecule has 1 aliphatic rings. The Morgan fingerprint density at radius 3 is 2.52 bits per heavy atom. The molecule has 0 bridgehead atoms. The molecule has 25 heavy (non-hydrogen) atoms. The summed E-state index contributed by atoms with van der Waals surface area (Å²) in [4.78, 5) is 4.91. The summed E-state index contributed by atoms with van der Waals surface area (Å²) in [5.41, 5.74) is 1.27. The monoisotopic (exact) mass is 477 g/mol. The molecule has 1 aromatic carbocycles. The average molecular weight is 477 g/mol. The zero-order valence-electron chi connectivity index (χ0n) is 15.6. The van der Waals surface area contributed by atoms with Gasteiger partial charge in [-0.2, -0.15) is 11.8 Å². The van der Waals surface area contributed by atoms with Crippen molar-refractivity contribution in [1.82, 2.24) is 10.6 Å². The fraction of sp³-hybridized carbons (Fsp3) is 0.632. The highest BCUT2D eigenvalue weighted by Crippen LogP contribution is 2.35. The van der Waals surface area contributed by atoms with Crippen molar-refractivity contribution in [3.05, 3.63) is 35.9 Å². The molecule has 0 saturated carbocycles. The van der Waals surface area contributed by atoms with E-state index in [9.17, 15) is 0 Å². The number of nitrogens with zero attached hydrogens (tertiary/aromatic N) is 1. The third-order valence-electron chi connectivity index (χ3n) is 4.38. The fourth-order valence-electron chi connectivity index (χ4n) is 2.97. The second-order valence-corrected chi connectivity index (χ2v) is 7.93. The molecular weight excluding hydrogens is 445 g/mol. The van der Waals surface area contributed by atoms with E-state index in [-0.39, 0.29) is 34.8 Å². The van der Waals surface area contributed by atoms with Crippen molar-refractivity contribution in [3.63, 3.8) is 0 Å². The lowest BCUT2D eigenvalue weighted by Gasteiger charge is -2.35. The van der Waals surface area contributed by atoms with Crippen molar-refractivity contribution in [2.45, 2.75) is 44.4 Å². The Balaban J connectivity index is 0.00000312. The molecule has 0 aliphatic carbocycles. The highest BCUT2D eigenvalue weighted by molar-refractivity contribution is 14.0. The molecule has 142 valence electrons. The number of guanidine groups is 1. The first-order valence-corrected chi connectivity index (χ1v) is 9.99. The quantitative estimate of drug-likeness (QED) is 0.351. The Bertz CT molecular complexity index is 501. The van der Waals surface area contributed by atoms with Gasteiger partial charge in [0, 0.05) is 24.5 Å². The van der Waals surface area contributed by atoms with Gasteiger partial charge in [0.1, 0.15) is 0 Å². The molecule has 1 saturated heterocycles. The van der Waals surface area contributed by atoms with E-state index < -0.39 is 0 Å². The lowest BCUT2D eigenvalue weighted by atomic mass is 9.99. The summed E-state index contributed by atoms with van der Waals surface area (Å²) >= 11 is 2.03. The summed E-state index contributed by atoms with van der Waals surface area (Å²) in [7, 11) is 0. The van der Waals surface area contributed by atoms with Crippen LogP contribution in [-0.4, -0.2) is 42.8 Å². The number of halogens is 1. The van der Waals surface area contributed by atoms with E-state index in [0.29, 0.717) is 0 Å². The third kappa shape index (κ3) is 7.35. The number of aliphatic imine (C=N–C) groups is 1. The highest BCUT2D eigenvalue weighted by Gasteiger charge is 2.32. The first-order valence-electron chi connectivity index (χ1n) is 9.00. The average Bonchev–Trinajstić information content (AvgIpc) is 2.62. The molecule has 1 unspecified atom stereocenters. The van der Waals surface area contributed by atoms with Gasteiger partial charge in [-0.25, -0.2) is 0 Å². The van der Waals surface area contributed by atoms with Gasteiger partial charge in [-0.1, -0.05) is 37.3 Å². The van der Waals surface area contributed by atoms with Crippen molar-refractivity contribution in [2.24, 2.45) is 4.99 Å². The molecule has 1 atom stereocenters. The smallest absolute Gasteiger partial charge is 0.191 e. The number of rotatable bonds is 7. The number of ether oxygens (including phenoxy) is 1. The normalized spacial score (nSPS) is 18.1. The number of hydrogen-bond donors (Lipinski definition) is 2. The van der Waals surface area contributed by atoms with Crippen LogP contribution in [0.15, 0.2) is 35.3 Å². The number of thioether (sulfide) groups is 1. The zero-order chi connectivity index (χ0) is 17.3. The van der Waals surface area contributed by atoms with E-state index in [1.807, 2.05) is 17.8 Å². The Kier molecular flexibility index (Phi) is 10.8. The minimum Gasteiger partial charge on any atom is -0.381 e. The maximum atomic E-state index is 5.55. The maximum absolute atomic E-state index is 5.55.